The molecule has 0 atom stereocenters. The van der Waals surface area contributed by atoms with Crippen molar-refractivity contribution in [2.24, 2.45) is 0 Å². The molecule has 3 amide bonds. The second kappa shape index (κ2) is 9.23. The molecular formula is C20H21N3O3S. The minimum atomic E-state index is -0.310. The van der Waals surface area contributed by atoms with Crippen molar-refractivity contribution in [3.8, 4) is 0 Å². The van der Waals surface area contributed by atoms with Gasteiger partial charge in [-0.25, -0.2) is 0 Å². The van der Waals surface area contributed by atoms with Gasteiger partial charge >= 0.3 is 0 Å². The number of nitrogens with zero attached hydrogens (tertiary/aromatic N) is 1. The van der Waals surface area contributed by atoms with Gasteiger partial charge in [-0.3, -0.25) is 14.4 Å². The second-order valence-electron chi connectivity index (χ2n) is 6.12. The number of hydrogen-bond acceptors (Lipinski definition) is 4. The van der Waals surface area contributed by atoms with Gasteiger partial charge < -0.3 is 15.5 Å². The number of rotatable bonds is 7. The lowest BCUT2D eigenvalue weighted by atomic mass is 10.1. The van der Waals surface area contributed by atoms with Gasteiger partial charge in [0.05, 0.1) is 11.3 Å². The zero-order chi connectivity index (χ0) is 19.1. The molecule has 0 spiro atoms. The normalized spacial score (nSPS) is 13.5. The van der Waals surface area contributed by atoms with Crippen LogP contribution >= 0.6 is 11.8 Å². The zero-order valence-electron chi connectivity index (χ0n) is 14.8. The van der Waals surface area contributed by atoms with E-state index < -0.39 is 0 Å². The Balaban J connectivity index is 1.56. The molecular weight excluding hydrogens is 362 g/mol. The first kappa shape index (κ1) is 19.0. The van der Waals surface area contributed by atoms with Crippen molar-refractivity contribution in [1.29, 1.82) is 0 Å². The lowest BCUT2D eigenvalue weighted by Crippen LogP contribution is -2.34. The van der Waals surface area contributed by atoms with Crippen LogP contribution in [0.5, 0.6) is 0 Å². The maximum absolute atomic E-state index is 12.5. The van der Waals surface area contributed by atoms with E-state index >= 15 is 0 Å². The monoisotopic (exact) mass is 383 g/mol. The molecule has 1 aliphatic rings. The highest BCUT2D eigenvalue weighted by molar-refractivity contribution is 8.13. The summed E-state index contributed by atoms with van der Waals surface area (Å²) in [5, 5.41) is 5.54. The number of hydrogen-bond donors (Lipinski definition) is 2. The lowest BCUT2D eigenvalue weighted by Gasteiger charge is -2.15. The molecule has 2 N–H and O–H groups in total. The number of nitrogens with one attached hydrogen (secondary N) is 2. The minimum absolute atomic E-state index is 0.00417. The average molecular weight is 383 g/mol. The Morgan fingerprint density at radius 1 is 1.04 bits per heavy atom. The zero-order valence-corrected chi connectivity index (χ0v) is 15.6. The quantitative estimate of drug-likeness (QED) is 0.771. The molecule has 27 heavy (non-hydrogen) atoms. The van der Waals surface area contributed by atoms with E-state index in [0.717, 1.165) is 12.0 Å². The predicted molar refractivity (Wildman–Crippen MR) is 107 cm³/mol. The topological polar surface area (TPSA) is 78.5 Å². The first-order valence-electron chi connectivity index (χ1n) is 8.76. The van der Waals surface area contributed by atoms with Crippen LogP contribution in [0.15, 0.2) is 54.6 Å². The molecule has 1 saturated heterocycles. The third kappa shape index (κ3) is 5.34. The van der Waals surface area contributed by atoms with Crippen molar-refractivity contribution in [3.63, 3.8) is 0 Å². The van der Waals surface area contributed by atoms with Crippen molar-refractivity contribution in [2.45, 2.75) is 6.42 Å². The smallest absolute Gasteiger partial charge is 0.282 e. The largest absolute Gasteiger partial charge is 0.352 e. The van der Waals surface area contributed by atoms with Crippen LogP contribution in [0.3, 0.4) is 0 Å². The third-order valence-corrected chi connectivity index (χ3v) is 5.06. The van der Waals surface area contributed by atoms with E-state index in [0.29, 0.717) is 30.1 Å². The van der Waals surface area contributed by atoms with Gasteiger partial charge in [0.2, 0.25) is 5.91 Å². The van der Waals surface area contributed by atoms with Crippen LogP contribution in [0.4, 0.5) is 10.5 Å². The standard InChI is InChI=1S/C20H21N3O3S/c24-18(14-23-12-13-27-20(23)26)22-17-9-5-4-8-16(17)19(25)21-11-10-15-6-2-1-3-7-15/h1-9H,10-14H2,(H,21,25)(H,22,24). The number of anilines is 1. The van der Waals surface area contributed by atoms with Crippen molar-refractivity contribution < 1.29 is 14.4 Å². The third-order valence-electron chi connectivity index (χ3n) is 4.17. The molecule has 140 valence electrons. The molecule has 0 radical (unpaired) electrons. The molecule has 6 nitrogen and oxygen atoms in total. The first-order valence-corrected chi connectivity index (χ1v) is 9.75. The highest BCUT2D eigenvalue weighted by atomic mass is 32.2. The van der Waals surface area contributed by atoms with E-state index in [1.165, 1.54) is 16.7 Å². The summed E-state index contributed by atoms with van der Waals surface area (Å²) in [5.74, 6) is 0.150. The number of carbonyl (C=O) groups excluding carboxylic acids is 3. The van der Waals surface area contributed by atoms with Crippen molar-refractivity contribution in [3.05, 3.63) is 65.7 Å². The Labute approximate surface area is 162 Å². The molecule has 1 heterocycles. The van der Waals surface area contributed by atoms with E-state index in [9.17, 15) is 14.4 Å². The molecule has 0 bridgehead atoms. The van der Waals surface area contributed by atoms with Gasteiger partial charge in [-0.2, -0.15) is 0 Å². The number of para-hydroxylation sites is 1. The van der Waals surface area contributed by atoms with E-state index in [1.54, 1.807) is 24.3 Å². The molecule has 2 aromatic carbocycles. The molecule has 0 aromatic heterocycles. The van der Waals surface area contributed by atoms with Crippen LogP contribution in [0, 0.1) is 0 Å². The summed E-state index contributed by atoms with van der Waals surface area (Å²) in [6.07, 6.45) is 0.732. The van der Waals surface area contributed by atoms with Crippen LogP contribution in [0.2, 0.25) is 0 Å². The second-order valence-corrected chi connectivity index (χ2v) is 7.17. The Morgan fingerprint density at radius 3 is 2.52 bits per heavy atom. The van der Waals surface area contributed by atoms with Gasteiger partial charge in [0, 0.05) is 18.8 Å². The average Bonchev–Trinajstić information content (AvgIpc) is 3.07. The number of thioether (sulfide) groups is 1. The molecule has 0 saturated carbocycles. The van der Waals surface area contributed by atoms with Gasteiger partial charge in [-0.15, -0.1) is 0 Å². The van der Waals surface area contributed by atoms with Crippen LogP contribution < -0.4 is 10.6 Å². The molecule has 2 aromatic rings. The van der Waals surface area contributed by atoms with E-state index in [2.05, 4.69) is 10.6 Å². The summed E-state index contributed by atoms with van der Waals surface area (Å²) < 4.78 is 0. The van der Waals surface area contributed by atoms with Crippen LogP contribution in [-0.2, 0) is 11.2 Å². The summed E-state index contributed by atoms with van der Waals surface area (Å²) >= 11 is 1.21. The van der Waals surface area contributed by atoms with E-state index in [4.69, 9.17) is 0 Å². The van der Waals surface area contributed by atoms with Crippen LogP contribution in [-0.4, -0.2) is 47.3 Å². The van der Waals surface area contributed by atoms with Crippen LogP contribution in [0.1, 0.15) is 15.9 Å². The van der Waals surface area contributed by atoms with E-state index in [1.807, 2.05) is 30.3 Å². The number of amides is 3. The van der Waals surface area contributed by atoms with Gasteiger partial charge in [0.15, 0.2) is 0 Å². The fourth-order valence-corrected chi connectivity index (χ4v) is 3.61. The molecule has 3 rings (SSSR count). The van der Waals surface area contributed by atoms with Crippen molar-refractivity contribution in [2.75, 3.05) is 30.7 Å². The Kier molecular flexibility index (Phi) is 6.49. The summed E-state index contributed by atoms with van der Waals surface area (Å²) in [7, 11) is 0. The fourth-order valence-electron chi connectivity index (χ4n) is 2.78. The Bertz CT molecular complexity index is 826. The lowest BCUT2D eigenvalue weighted by molar-refractivity contribution is -0.116. The Morgan fingerprint density at radius 2 is 1.78 bits per heavy atom. The van der Waals surface area contributed by atoms with E-state index in [-0.39, 0.29) is 23.6 Å². The highest BCUT2D eigenvalue weighted by Gasteiger charge is 2.23. The summed E-state index contributed by atoms with van der Waals surface area (Å²) in [6, 6.07) is 16.8. The van der Waals surface area contributed by atoms with Gasteiger partial charge in [-0.05, 0) is 24.1 Å². The van der Waals surface area contributed by atoms with Gasteiger partial charge in [0.25, 0.3) is 11.1 Å². The maximum Gasteiger partial charge on any atom is 0.282 e. The minimum Gasteiger partial charge on any atom is -0.352 e. The number of carbonyl (C=O) groups is 3. The Hall–Kier alpha value is -2.80. The molecule has 1 aliphatic heterocycles. The predicted octanol–water partition coefficient (Wildman–Crippen LogP) is 2.77. The summed E-state index contributed by atoms with van der Waals surface area (Å²) in [4.78, 5) is 37.9. The summed E-state index contributed by atoms with van der Waals surface area (Å²) in [5.41, 5.74) is 1.99. The SMILES string of the molecule is O=C(CN1CCSC1=O)Nc1ccccc1C(=O)NCCc1ccccc1. The van der Waals surface area contributed by atoms with Crippen LogP contribution in [0.25, 0.3) is 0 Å². The van der Waals surface area contributed by atoms with Crippen molar-refractivity contribution >= 4 is 34.5 Å². The molecule has 1 fully saturated rings. The van der Waals surface area contributed by atoms with Gasteiger partial charge in [0.1, 0.15) is 6.54 Å². The maximum atomic E-state index is 12.5. The first-order chi connectivity index (χ1) is 13.1. The summed E-state index contributed by atoms with van der Waals surface area (Å²) in [6.45, 7) is 1.07. The fraction of sp³-hybridized carbons (Fsp3) is 0.250. The molecule has 0 aliphatic carbocycles. The molecule has 0 unspecified atom stereocenters. The number of benzene rings is 2. The van der Waals surface area contributed by atoms with Gasteiger partial charge in [-0.1, -0.05) is 54.2 Å². The highest BCUT2D eigenvalue weighted by Crippen LogP contribution is 2.18. The molecule has 7 heteroatoms. The van der Waals surface area contributed by atoms with Crippen molar-refractivity contribution in [1.82, 2.24) is 10.2 Å².